The third-order valence-corrected chi connectivity index (χ3v) is 4.81. The van der Waals surface area contributed by atoms with E-state index in [9.17, 15) is 4.79 Å². The molecule has 0 aromatic heterocycles. The molecule has 1 saturated carbocycles. The quantitative estimate of drug-likeness (QED) is 0.803. The zero-order valence-electron chi connectivity index (χ0n) is 12.3. The minimum absolute atomic E-state index is 0.136. The lowest BCUT2D eigenvalue weighted by molar-refractivity contribution is -0.151. The van der Waals surface area contributed by atoms with Crippen molar-refractivity contribution in [2.45, 2.75) is 70.8 Å². The molecule has 1 aliphatic rings. The molecule has 0 amide bonds. The van der Waals surface area contributed by atoms with Crippen molar-refractivity contribution in [3.8, 4) is 0 Å². The van der Waals surface area contributed by atoms with Crippen LogP contribution in [-0.4, -0.2) is 28.6 Å². The van der Waals surface area contributed by atoms with Crippen molar-refractivity contribution in [1.82, 2.24) is 0 Å². The second-order valence-electron chi connectivity index (χ2n) is 6.84. The Morgan fingerprint density at radius 2 is 2.06 bits per heavy atom. The summed E-state index contributed by atoms with van der Waals surface area (Å²) in [6.07, 6.45) is 3.49. The number of rotatable bonds is 3. The van der Waals surface area contributed by atoms with Gasteiger partial charge in [0, 0.05) is 11.3 Å². The van der Waals surface area contributed by atoms with Gasteiger partial charge in [-0.3, -0.25) is 4.79 Å². The van der Waals surface area contributed by atoms with Crippen molar-refractivity contribution >= 4 is 17.7 Å². The lowest BCUT2D eigenvalue weighted by atomic mass is 9.73. The van der Waals surface area contributed by atoms with E-state index < -0.39 is 5.60 Å². The van der Waals surface area contributed by atoms with E-state index in [4.69, 9.17) is 10.5 Å². The van der Waals surface area contributed by atoms with Gasteiger partial charge in [0.25, 0.3) is 0 Å². The molecule has 0 aromatic rings. The van der Waals surface area contributed by atoms with Crippen LogP contribution in [0.3, 0.4) is 0 Å². The van der Waals surface area contributed by atoms with Gasteiger partial charge in [0.15, 0.2) is 0 Å². The summed E-state index contributed by atoms with van der Waals surface area (Å²) in [6.45, 7) is 10.1. The van der Waals surface area contributed by atoms with Crippen molar-refractivity contribution in [2.75, 3.05) is 5.75 Å². The van der Waals surface area contributed by atoms with Crippen LogP contribution in [0.25, 0.3) is 0 Å². The molecule has 4 heteroatoms. The normalized spacial score (nSPS) is 27.9. The highest BCUT2D eigenvalue weighted by atomic mass is 32.2. The Kier molecular flexibility index (Phi) is 5.13. The van der Waals surface area contributed by atoms with E-state index in [-0.39, 0.29) is 17.4 Å². The third-order valence-electron chi connectivity index (χ3n) is 3.45. The minimum Gasteiger partial charge on any atom is -0.459 e. The molecule has 0 radical (unpaired) electrons. The molecule has 1 rings (SSSR count). The Morgan fingerprint density at radius 3 is 2.61 bits per heavy atom. The van der Waals surface area contributed by atoms with Crippen molar-refractivity contribution in [3.05, 3.63) is 0 Å². The number of carbonyl (C=O) groups is 1. The molecule has 0 saturated heterocycles. The summed E-state index contributed by atoms with van der Waals surface area (Å²) in [5, 5.41) is 0.376. The average molecular weight is 273 g/mol. The van der Waals surface area contributed by atoms with Crippen LogP contribution in [0.2, 0.25) is 0 Å². The highest BCUT2D eigenvalue weighted by Crippen LogP contribution is 2.39. The first kappa shape index (κ1) is 15.8. The molecular weight excluding hydrogens is 246 g/mol. The van der Waals surface area contributed by atoms with Crippen molar-refractivity contribution < 1.29 is 9.53 Å². The van der Waals surface area contributed by atoms with Crippen LogP contribution in [0, 0.1) is 5.41 Å². The maximum atomic E-state index is 11.7. The first-order valence-electron chi connectivity index (χ1n) is 6.71. The third kappa shape index (κ3) is 4.81. The smallest absolute Gasteiger partial charge is 0.316 e. The molecule has 0 heterocycles. The molecule has 0 aromatic carbocycles. The van der Waals surface area contributed by atoms with E-state index in [0.717, 1.165) is 6.42 Å². The highest BCUT2D eigenvalue weighted by Gasteiger charge is 2.36. The zero-order chi connectivity index (χ0) is 14.0. The molecule has 106 valence electrons. The molecule has 0 spiro atoms. The predicted octanol–water partition coefficient (Wildman–Crippen LogP) is 2.97. The lowest BCUT2D eigenvalue weighted by Crippen LogP contribution is -2.48. The van der Waals surface area contributed by atoms with Gasteiger partial charge in [0.05, 0.1) is 5.75 Å². The van der Waals surface area contributed by atoms with E-state index in [1.54, 1.807) is 11.8 Å². The first-order valence-corrected chi connectivity index (χ1v) is 7.76. The van der Waals surface area contributed by atoms with Crippen LogP contribution in [0.5, 0.6) is 0 Å². The molecule has 3 nitrogen and oxygen atoms in total. The van der Waals surface area contributed by atoms with E-state index in [1.165, 1.54) is 12.8 Å². The number of hydrogen-bond donors (Lipinski definition) is 1. The molecule has 2 atom stereocenters. The Labute approximate surface area is 115 Å². The summed E-state index contributed by atoms with van der Waals surface area (Å²) in [7, 11) is 0. The summed E-state index contributed by atoms with van der Waals surface area (Å²) in [4.78, 5) is 11.7. The topological polar surface area (TPSA) is 52.3 Å². The first-order chi connectivity index (χ1) is 8.12. The van der Waals surface area contributed by atoms with Crippen LogP contribution >= 0.6 is 11.8 Å². The number of esters is 1. The molecular formula is C14H27NO2S. The molecule has 0 aliphatic heterocycles. The van der Waals surface area contributed by atoms with E-state index in [2.05, 4.69) is 13.8 Å². The highest BCUT2D eigenvalue weighted by molar-refractivity contribution is 8.00. The van der Waals surface area contributed by atoms with Crippen molar-refractivity contribution in [3.63, 3.8) is 0 Å². The van der Waals surface area contributed by atoms with Gasteiger partial charge in [-0.1, -0.05) is 20.3 Å². The fourth-order valence-electron chi connectivity index (χ4n) is 2.34. The average Bonchev–Trinajstić information content (AvgIpc) is 2.17. The van der Waals surface area contributed by atoms with Gasteiger partial charge in [-0.15, -0.1) is 11.8 Å². The van der Waals surface area contributed by atoms with Gasteiger partial charge < -0.3 is 10.5 Å². The summed E-state index contributed by atoms with van der Waals surface area (Å²) in [5.41, 5.74) is 6.08. The predicted molar refractivity (Wildman–Crippen MR) is 77.7 cm³/mol. The van der Waals surface area contributed by atoms with Gasteiger partial charge >= 0.3 is 5.97 Å². The standard InChI is InChI=1S/C14H27NO2S/c1-13(2,3)17-11(16)9-18-10-7-6-8-14(4,5)12(10)15/h10,12H,6-9,15H2,1-5H3. The van der Waals surface area contributed by atoms with E-state index >= 15 is 0 Å². The van der Waals surface area contributed by atoms with Crippen LogP contribution in [-0.2, 0) is 9.53 Å². The lowest BCUT2D eigenvalue weighted by Gasteiger charge is -2.41. The molecule has 1 aliphatic carbocycles. The van der Waals surface area contributed by atoms with Crippen LogP contribution in [0.4, 0.5) is 0 Å². The SMILES string of the molecule is CC(C)(C)OC(=O)CSC1CCCC(C)(C)C1N. The summed E-state index contributed by atoms with van der Waals surface area (Å²) < 4.78 is 5.32. The van der Waals surface area contributed by atoms with Gasteiger partial charge in [-0.25, -0.2) is 0 Å². The van der Waals surface area contributed by atoms with Crippen molar-refractivity contribution in [2.24, 2.45) is 11.1 Å². The Balaban J connectivity index is 2.41. The Morgan fingerprint density at radius 1 is 1.44 bits per heavy atom. The van der Waals surface area contributed by atoms with Crippen molar-refractivity contribution in [1.29, 1.82) is 0 Å². The molecule has 2 N–H and O–H groups in total. The molecule has 18 heavy (non-hydrogen) atoms. The van der Waals surface area contributed by atoms with Gasteiger partial charge in [0.1, 0.15) is 5.60 Å². The van der Waals surface area contributed by atoms with E-state index in [1.807, 2.05) is 20.8 Å². The number of hydrogen-bond acceptors (Lipinski definition) is 4. The fourth-order valence-corrected chi connectivity index (χ4v) is 3.66. The van der Waals surface area contributed by atoms with Gasteiger partial charge in [0.2, 0.25) is 0 Å². The van der Waals surface area contributed by atoms with Gasteiger partial charge in [-0.05, 0) is 39.0 Å². The molecule has 0 bridgehead atoms. The zero-order valence-corrected chi connectivity index (χ0v) is 13.1. The fraction of sp³-hybridized carbons (Fsp3) is 0.929. The summed E-state index contributed by atoms with van der Waals surface area (Å²) >= 11 is 1.66. The number of thioether (sulfide) groups is 1. The second kappa shape index (κ2) is 5.83. The maximum Gasteiger partial charge on any atom is 0.316 e. The van der Waals surface area contributed by atoms with Crippen LogP contribution in [0.15, 0.2) is 0 Å². The largest absolute Gasteiger partial charge is 0.459 e. The summed E-state index contributed by atoms with van der Waals surface area (Å²) in [6, 6.07) is 0.165. The van der Waals surface area contributed by atoms with E-state index in [0.29, 0.717) is 11.0 Å². The molecule has 1 fully saturated rings. The van der Waals surface area contributed by atoms with Crippen LogP contribution in [0.1, 0.15) is 53.9 Å². The maximum absolute atomic E-state index is 11.7. The summed E-state index contributed by atoms with van der Waals surface area (Å²) in [5.74, 6) is 0.272. The Hall–Kier alpha value is -0.220. The Bertz CT molecular complexity index is 297. The van der Waals surface area contributed by atoms with Crippen LogP contribution < -0.4 is 5.73 Å². The number of ether oxygens (including phenoxy) is 1. The monoisotopic (exact) mass is 273 g/mol. The second-order valence-corrected chi connectivity index (χ2v) is 8.07. The molecule has 2 unspecified atom stereocenters. The number of carbonyl (C=O) groups excluding carboxylic acids is 1. The number of nitrogens with two attached hydrogens (primary N) is 1. The minimum atomic E-state index is -0.397. The van der Waals surface area contributed by atoms with Gasteiger partial charge in [-0.2, -0.15) is 0 Å².